The lowest BCUT2D eigenvalue weighted by Crippen LogP contribution is -2.56. The second-order valence-corrected chi connectivity index (χ2v) is 26.2. The number of hydrogen-bond acceptors (Lipinski definition) is 3. The van der Waals surface area contributed by atoms with Crippen molar-refractivity contribution in [3.8, 4) is 0 Å². The fraction of sp³-hybridized carbons (Fsp3) is 0.696. The molecule has 1 spiro atoms. The Balaban J connectivity index is 0.820. The largest absolute Gasteiger partial charge is 0.465 e. The molecule has 17 aliphatic carbocycles. The highest BCUT2D eigenvalue weighted by atomic mass is 32.1. The molecule has 59 heavy (non-hydrogen) atoms. The standard InChI is InChI=1S/C56H58O2S/c57-32(58-11-8-22-9-12-59-21-22)7-4-10-55(30-5-2-1-3-6-30)54-31-19-28-17-25-15-26-14-23-13-24-16-27-18-29-20-56(54,55)53-39(29)44-38(27)43-34(24)33(23)41-37(26)42-35(25)36(28)45-40(31)52(53)51-49(44)47(43)46(41)48(42)50(45)51/h1-3,5-6,9,12,15,18,21,23-24,26,28-29,31,33-40,42-45,47-54H,4,7-8,10-11,13-14,16-17,19-20H2. The quantitative estimate of drug-likeness (QED) is 0.197. The van der Waals surface area contributed by atoms with E-state index in [4.69, 9.17) is 4.74 Å². The van der Waals surface area contributed by atoms with E-state index in [1.54, 1.807) is 36.2 Å². The fourth-order valence-corrected chi connectivity index (χ4v) is 27.3. The van der Waals surface area contributed by atoms with Crippen molar-refractivity contribution in [1.29, 1.82) is 0 Å². The molecule has 28 atom stereocenters. The summed E-state index contributed by atoms with van der Waals surface area (Å²) in [5, 5.41) is 4.34. The van der Waals surface area contributed by atoms with E-state index in [-0.39, 0.29) is 11.4 Å². The van der Waals surface area contributed by atoms with Crippen molar-refractivity contribution in [3.05, 3.63) is 92.7 Å². The van der Waals surface area contributed by atoms with Crippen LogP contribution in [-0.4, -0.2) is 12.6 Å². The Hall–Kier alpha value is -2.39. The van der Waals surface area contributed by atoms with Crippen LogP contribution < -0.4 is 0 Å². The van der Waals surface area contributed by atoms with E-state index in [1.165, 1.54) is 31.2 Å². The molecule has 2 nitrogen and oxygen atoms in total. The van der Waals surface area contributed by atoms with Gasteiger partial charge in [0.1, 0.15) is 0 Å². The third-order valence-electron chi connectivity index (χ3n) is 25.6. The van der Waals surface area contributed by atoms with Gasteiger partial charge in [-0.3, -0.25) is 4.79 Å². The molecular formula is C56H58O2S. The van der Waals surface area contributed by atoms with E-state index >= 15 is 0 Å². The summed E-state index contributed by atoms with van der Waals surface area (Å²) in [6.45, 7) is 0.526. The van der Waals surface area contributed by atoms with Crippen LogP contribution in [0.4, 0.5) is 0 Å². The van der Waals surface area contributed by atoms with Crippen LogP contribution in [0.2, 0.25) is 0 Å². The van der Waals surface area contributed by atoms with Crippen LogP contribution in [0, 0.1) is 159 Å². The Morgan fingerprint density at radius 2 is 1.44 bits per heavy atom. The monoisotopic (exact) mass is 794 g/mol. The SMILES string of the molecule is O=C(CCCC1(c2ccccc2)C2C3CC4CC5=CC6CC7CC8CC9=CC%10CC21C1C%10C2C9C9C%10C%11=C(C6C6C5C4C4C3C1C(C%102)C4C%116)C7C89)OCCc1ccsc1. The van der Waals surface area contributed by atoms with Gasteiger partial charge in [-0.25, -0.2) is 0 Å². The molecule has 28 unspecified atom stereocenters. The summed E-state index contributed by atoms with van der Waals surface area (Å²) in [5.41, 5.74) is 12.4. The third-order valence-corrected chi connectivity index (χ3v) is 26.3. The molecule has 13 saturated carbocycles. The van der Waals surface area contributed by atoms with Gasteiger partial charge in [-0.05, 0) is 239 Å². The summed E-state index contributed by atoms with van der Waals surface area (Å²) >= 11 is 1.74. The summed E-state index contributed by atoms with van der Waals surface area (Å²) in [7, 11) is 0. The van der Waals surface area contributed by atoms with Crippen molar-refractivity contribution in [3.63, 3.8) is 0 Å². The predicted octanol–water partition coefficient (Wildman–Crippen LogP) is 10.7. The highest BCUT2D eigenvalue weighted by Gasteiger charge is 2.94. The molecule has 17 aliphatic rings. The van der Waals surface area contributed by atoms with E-state index in [9.17, 15) is 4.79 Å². The van der Waals surface area contributed by atoms with Gasteiger partial charge in [0.15, 0.2) is 0 Å². The highest BCUT2D eigenvalue weighted by molar-refractivity contribution is 7.07. The van der Waals surface area contributed by atoms with Gasteiger partial charge in [-0.1, -0.05) is 64.8 Å². The summed E-state index contributed by atoms with van der Waals surface area (Å²) in [5.74, 6) is 25.6. The average Bonchev–Trinajstić information content (AvgIpc) is 4.03. The smallest absolute Gasteiger partial charge is 0.305 e. The van der Waals surface area contributed by atoms with Crippen LogP contribution in [0.25, 0.3) is 0 Å². The van der Waals surface area contributed by atoms with Crippen LogP contribution in [0.5, 0.6) is 0 Å². The van der Waals surface area contributed by atoms with Crippen LogP contribution in [0.1, 0.15) is 68.9 Å². The minimum atomic E-state index is 0.0494. The Bertz CT molecular complexity index is 2460. The maximum atomic E-state index is 13.6. The van der Waals surface area contributed by atoms with Crippen molar-refractivity contribution in [2.45, 2.75) is 69.6 Å². The van der Waals surface area contributed by atoms with Gasteiger partial charge in [-0.2, -0.15) is 11.3 Å². The van der Waals surface area contributed by atoms with E-state index < -0.39 is 0 Å². The molecule has 1 aromatic carbocycles. The Labute approximate surface area is 353 Å². The predicted molar refractivity (Wildman–Crippen MR) is 225 cm³/mol. The minimum absolute atomic E-state index is 0.0494. The summed E-state index contributed by atoms with van der Waals surface area (Å²) in [4.78, 5) is 13.6. The maximum absolute atomic E-state index is 13.6. The number of carbonyl (C=O) groups is 1. The van der Waals surface area contributed by atoms with Gasteiger partial charge in [0.2, 0.25) is 0 Å². The second kappa shape index (κ2) is 9.57. The topological polar surface area (TPSA) is 26.3 Å². The van der Waals surface area contributed by atoms with Crippen molar-refractivity contribution >= 4 is 17.3 Å². The summed E-state index contributed by atoms with van der Waals surface area (Å²) in [6, 6.07) is 14.5. The average molecular weight is 795 g/mol. The van der Waals surface area contributed by atoms with E-state index in [2.05, 4.69) is 81.6 Å². The first kappa shape index (κ1) is 31.4. The van der Waals surface area contributed by atoms with E-state index in [1.807, 2.05) is 0 Å². The number of esters is 1. The molecule has 2 aromatic rings. The molecule has 300 valence electrons. The molecule has 1 heterocycles. The van der Waals surface area contributed by atoms with Crippen LogP contribution in [0.3, 0.4) is 0 Å². The Morgan fingerprint density at radius 3 is 2.32 bits per heavy atom. The van der Waals surface area contributed by atoms with Crippen LogP contribution >= 0.6 is 11.3 Å². The van der Waals surface area contributed by atoms with Crippen molar-refractivity contribution in [2.24, 2.45) is 159 Å². The normalized spacial score (nSPS) is 62.8. The lowest BCUT2D eigenvalue weighted by atomic mass is 9.44. The number of thiophene rings is 1. The number of allylic oxidation sites excluding steroid dienone is 6. The highest BCUT2D eigenvalue weighted by Crippen LogP contribution is 2.97. The zero-order valence-electron chi connectivity index (χ0n) is 34.3. The van der Waals surface area contributed by atoms with E-state index in [0.717, 1.165) is 167 Å². The van der Waals surface area contributed by atoms with E-state index in [0.29, 0.717) is 18.4 Å². The molecule has 19 rings (SSSR count). The van der Waals surface area contributed by atoms with Crippen molar-refractivity contribution < 1.29 is 9.53 Å². The number of carbonyl (C=O) groups excluding carboxylic acids is 1. The molecular weight excluding hydrogens is 737 g/mol. The zero-order valence-corrected chi connectivity index (χ0v) is 35.1. The van der Waals surface area contributed by atoms with Crippen molar-refractivity contribution in [1.82, 2.24) is 0 Å². The van der Waals surface area contributed by atoms with Crippen LogP contribution in [-0.2, 0) is 21.4 Å². The fourth-order valence-electron chi connectivity index (χ4n) is 26.6. The van der Waals surface area contributed by atoms with Gasteiger partial charge >= 0.3 is 5.97 Å². The maximum Gasteiger partial charge on any atom is 0.305 e. The number of hydrogen-bond donors (Lipinski definition) is 0. The molecule has 0 aliphatic heterocycles. The number of rotatable bonds is 8. The first-order valence-corrected chi connectivity index (χ1v) is 26.5. The molecule has 0 bridgehead atoms. The molecule has 0 N–H and O–H groups in total. The number of fused-ring (bicyclic) bond motifs is 1. The molecule has 0 saturated heterocycles. The molecule has 13 fully saturated rings. The molecule has 0 amide bonds. The van der Waals surface area contributed by atoms with Gasteiger partial charge in [0.25, 0.3) is 0 Å². The third kappa shape index (κ3) is 2.93. The van der Waals surface area contributed by atoms with Crippen LogP contribution in [0.15, 0.2) is 81.6 Å². The number of benzene rings is 1. The van der Waals surface area contributed by atoms with Gasteiger partial charge in [0.05, 0.1) is 6.61 Å². The lowest BCUT2D eigenvalue weighted by molar-refractivity contribution is -0.143. The van der Waals surface area contributed by atoms with Crippen molar-refractivity contribution in [2.75, 3.05) is 6.61 Å². The summed E-state index contributed by atoms with van der Waals surface area (Å²) in [6.07, 6.45) is 19.1. The summed E-state index contributed by atoms with van der Waals surface area (Å²) < 4.78 is 5.98. The molecule has 1 aromatic heterocycles. The zero-order chi connectivity index (χ0) is 37.3. The molecule has 3 heteroatoms. The van der Waals surface area contributed by atoms with Gasteiger partial charge < -0.3 is 4.74 Å². The Morgan fingerprint density at radius 1 is 0.678 bits per heavy atom. The number of ether oxygens (including phenoxy) is 1. The Kier molecular flexibility index (Phi) is 5.10. The first-order chi connectivity index (χ1) is 29.2. The minimum Gasteiger partial charge on any atom is -0.465 e. The van der Waals surface area contributed by atoms with Gasteiger partial charge in [0, 0.05) is 18.3 Å². The second-order valence-electron chi connectivity index (χ2n) is 25.4. The first-order valence-electron chi connectivity index (χ1n) is 25.5. The van der Waals surface area contributed by atoms with Gasteiger partial charge in [-0.15, -0.1) is 0 Å². The lowest BCUT2D eigenvalue weighted by Gasteiger charge is -2.60. The molecule has 0 radical (unpaired) electrons.